The van der Waals surface area contributed by atoms with Crippen LogP contribution in [0, 0.1) is 0 Å². The molecule has 1 rings (SSSR count). The van der Waals surface area contributed by atoms with Crippen LogP contribution in [0.2, 0.25) is 0 Å². The molecular weight excluding hydrogens is 140 g/mol. The minimum atomic E-state index is 0.670. The Bertz CT molecular complexity index is 239. The molecule has 0 amide bonds. The zero-order valence-electron chi connectivity index (χ0n) is 5.94. The molecule has 0 aromatic heterocycles. The summed E-state index contributed by atoms with van der Waals surface area (Å²) >= 11 is 0. The second-order valence-electron chi connectivity index (χ2n) is 1.90. The molecule has 0 bridgehead atoms. The van der Waals surface area contributed by atoms with E-state index in [1.807, 2.05) is 30.3 Å². The van der Waals surface area contributed by atoms with Crippen molar-refractivity contribution in [1.82, 2.24) is 0 Å². The van der Waals surface area contributed by atoms with Gasteiger partial charge in [-0.25, -0.2) is 0 Å². The van der Waals surface area contributed by atoms with E-state index in [0.717, 1.165) is 5.75 Å². The molecule has 0 atom stereocenters. The highest BCUT2D eigenvalue weighted by Crippen LogP contribution is 2.07. The summed E-state index contributed by atoms with van der Waals surface area (Å²) in [6.45, 7) is 0. The third-order valence-corrected chi connectivity index (χ3v) is 1.10. The Labute approximate surface area is 65.1 Å². The van der Waals surface area contributed by atoms with E-state index in [9.17, 15) is 4.79 Å². The fourth-order valence-electron chi connectivity index (χ4n) is 0.649. The number of hydrogen-bond donors (Lipinski definition) is 0. The van der Waals surface area contributed by atoms with Crippen LogP contribution >= 0.6 is 0 Å². The van der Waals surface area contributed by atoms with Crippen molar-refractivity contribution >= 4 is 6.29 Å². The van der Waals surface area contributed by atoms with Gasteiger partial charge in [0.05, 0.1) is 6.26 Å². The summed E-state index contributed by atoms with van der Waals surface area (Å²) in [5.41, 5.74) is 0. The maximum absolute atomic E-state index is 9.83. The Balaban J connectivity index is 2.51. The number of benzene rings is 1. The van der Waals surface area contributed by atoms with Gasteiger partial charge >= 0.3 is 0 Å². The highest BCUT2D eigenvalue weighted by Gasteiger charge is 1.83. The van der Waals surface area contributed by atoms with Crippen LogP contribution in [0.15, 0.2) is 42.7 Å². The van der Waals surface area contributed by atoms with E-state index in [4.69, 9.17) is 4.74 Å². The summed E-state index contributed by atoms with van der Waals surface area (Å²) in [5, 5.41) is 0. The minimum absolute atomic E-state index is 0.670. The maximum atomic E-state index is 9.83. The van der Waals surface area contributed by atoms with Crippen LogP contribution in [0.3, 0.4) is 0 Å². The van der Waals surface area contributed by atoms with Gasteiger partial charge in [0.15, 0.2) is 0 Å². The summed E-state index contributed by atoms with van der Waals surface area (Å²) in [7, 11) is 0. The second kappa shape index (κ2) is 4.28. The van der Waals surface area contributed by atoms with Gasteiger partial charge in [-0.3, -0.25) is 4.79 Å². The third kappa shape index (κ3) is 2.67. The van der Waals surface area contributed by atoms with Crippen molar-refractivity contribution in [2.24, 2.45) is 0 Å². The number of rotatable bonds is 3. The average molecular weight is 148 g/mol. The van der Waals surface area contributed by atoms with Crippen LogP contribution in [0.5, 0.6) is 5.75 Å². The van der Waals surface area contributed by atoms with Gasteiger partial charge in [0, 0.05) is 6.08 Å². The van der Waals surface area contributed by atoms with Crippen molar-refractivity contribution in [3.63, 3.8) is 0 Å². The third-order valence-electron chi connectivity index (χ3n) is 1.10. The molecule has 0 saturated carbocycles. The number of allylic oxidation sites excluding steroid dienone is 1. The monoisotopic (exact) mass is 148 g/mol. The van der Waals surface area contributed by atoms with Crippen LogP contribution < -0.4 is 4.74 Å². The number of para-hydroxylation sites is 1. The molecule has 2 nitrogen and oxygen atoms in total. The lowest BCUT2D eigenvalue weighted by Gasteiger charge is -1.95. The molecule has 0 spiro atoms. The molecular formula is C9H8O2. The van der Waals surface area contributed by atoms with Crippen molar-refractivity contribution in [1.29, 1.82) is 0 Å². The molecule has 0 saturated heterocycles. The lowest BCUT2D eigenvalue weighted by Crippen LogP contribution is -1.79. The van der Waals surface area contributed by atoms with Gasteiger partial charge in [-0.2, -0.15) is 0 Å². The number of carbonyl (C=O) groups is 1. The van der Waals surface area contributed by atoms with Crippen molar-refractivity contribution in [2.45, 2.75) is 0 Å². The first kappa shape index (κ1) is 7.54. The van der Waals surface area contributed by atoms with Crippen LogP contribution in [0.1, 0.15) is 0 Å². The average Bonchev–Trinajstić information content (AvgIpc) is 2.07. The molecule has 11 heavy (non-hydrogen) atoms. The summed E-state index contributed by atoms with van der Waals surface area (Å²) < 4.78 is 5.03. The van der Waals surface area contributed by atoms with Gasteiger partial charge in [-0.15, -0.1) is 0 Å². The van der Waals surface area contributed by atoms with Crippen molar-refractivity contribution in [3.05, 3.63) is 42.7 Å². The molecule has 0 aliphatic heterocycles. The van der Waals surface area contributed by atoms with Gasteiger partial charge in [0.2, 0.25) is 0 Å². The molecule has 0 fully saturated rings. The van der Waals surface area contributed by atoms with Gasteiger partial charge in [0.25, 0.3) is 0 Å². The normalized spacial score (nSPS) is 9.82. The van der Waals surface area contributed by atoms with E-state index in [2.05, 4.69) is 0 Å². The van der Waals surface area contributed by atoms with Crippen molar-refractivity contribution in [2.75, 3.05) is 0 Å². The molecule has 0 heterocycles. The van der Waals surface area contributed by atoms with Crippen molar-refractivity contribution in [3.8, 4) is 5.75 Å². The molecule has 2 heteroatoms. The van der Waals surface area contributed by atoms with Crippen LogP contribution in [-0.2, 0) is 4.79 Å². The highest BCUT2D eigenvalue weighted by molar-refractivity contribution is 5.64. The minimum Gasteiger partial charge on any atom is -0.465 e. The molecule has 0 radical (unpaired) electrons. The molecule has 56 valence electrons. The lowest BCUT2D eigenvalue weighted by molar-refractivity contribution is -0.104. The Morgan fingerprint density at radius 3 is 2.55 bits per heavy atom. The predicted molar refractivity (Wildman–Crippen MR) is 42.3 cm³/mol. The lowest BCUT2D eigenvalue weighted by atomic mass is 10.3. The summed E-state index contributed by atoms with van der Waals surface area (Å²) in [4.78, 5) is 9.83. The quantitative estimate of drug-likeness (QED) is 0.371. The first-order valence-electron chi connectivity index (χ1n) is 3.25. The van der Waals surface area contributed by atoms with E-state index in [0.29, 0.717) is 6.29 Å². The number of hydrogen-bond acceptors (Lipinski definition) is 2. The molecule has 1 aromatic rings. The summed E-state index contributed by atoms with van der Waals surface area (Å²) in [5.74, 6) is 0.727. The Hall–Kier alpha value is -1.57. The van der Waals surface area contributed by atoms with Crippen LogP contribution in [-0.4, -0.2) is 6.29 Å². The zero-order valence-corrected chi connectivity index (χ0v) is 5.94. The highest BCUT2D eigenvalue weighted by atomic mass is 16.5. The van der Waals surface area contributed by atoms with E-state index in [1.54, 1.807) is 0 Å². The van der Waals surface area contributed by atoms with Gasteiger partial charge in [-0.1, -0.05) is 18.2 Å². The van der Waals surface area contributed by atoms with Crippen LogP contribution in [0.4, 0.5) is 0 Å². The smallest absolute Gasteiger partial charge is 0.145 e. The van der Waals surface area contributed by atoms with Gasteiger partial charge in [0.1, 0.15) is 12.0 Å². The van der Waals surface area contributed by atoms with E-state index < -0.39 is 0 Å². The number of aldehydes is 1. The Morgan fingerprint density at radius 1 is 1.18 bits per heavy atom. The SMILES string of the molecule is O=CC=COc1ccccc1. The topological polar surface area (TPSA) is 26.3 Å². The predicted octanol–water partition coefficient (Wildman–Crippen LogP) is 1.78. The fraction of sp³-hybridized carbons (Fsp3) is 0. The number of carbonyl (C=O) groups excluding carboxylic acids is 1. The van der Waals surface area contributed by atoms with Crippen LogP contribution in [0.25, 0.3) is 0 Å². The maximum Gasteiger partial charge on any atom is 0.145 e. The molecule has 0 aliphatic carbocycles. The number of ether oxygens (including phenoxy) is 1. The van der Waals surface area contributed by atoms with Gasteiger partial charge in [-0.05, 0) is 12.1 Å². The van der Waals surface area contributed by atoms with Crippen molar-refractivity contribution < 1.29 is 9.53 Å². The molecule has 0 aliphatic rings. The Kier molecular flexibility index (Phi) is 2.93. The van der Waals surface area contributed by atoms with E-state index in [1.165, 1.54) is 12.3 Å². The molecule has 0 unspecified atom stereocenters. The van der Waals surface area contributed by atoms with E-state index >= 15 is 0 Å². The molecule has 1 aromatic carbocycles. The summed E-state index contributed by atoms with van der Waals surface area (Å²) in [6, 6.07) is 9.26. The van der Waals surface area contributed by atoms with Gasteiger partial charge < -0.3 is 4.74 Å². The zero-order chi connectivity index (χ0) is 7.94. The Morgan fingerprint density at radius 2 is 1.91 bits per heavy atom. The first-order chi connectivity index (χ1) is 5.43. The largest absolute Gasteiger partial charge is 0.465 e. The second-order valence-corrected chi connectivity index (χ2v) is 1.90. The summed E-state index contributed by atoms with van der Waals surface area (Å²) in [6.07, 6.45) is 3.32. The fourth-order valence-corrected chi connectivity index (χ4v) is 0.649. The standard InChI is InChI=1S/C9H8O2/c10-7-4-8-11-9-5-2-1-3-6-9/h1-8H. The molecule has 0 N–H and O–H groups in total. The van der Waals surface area contributed by atoms with E-state index in [-0.39, 0.29) is 0 Å². The first-order valence-corrected chi connectivity index (χ1v) is 3.25.